The largest absolute Gasteiger partial charge is 0.490 e. The van der Waals surface area contributed by atoms with Crippen LogP contribution in [0.15, 0.2) is 54.1 Å². The van der Waals surface area contributed by atoms with Gasteiger partial charge in [0.15, 0.2) is 5.75 Å². The zero-order valence-corrected chi connectivity index (χ0v) is 16.7. The van der Waals surface area contributed by atoms with E-state index >= 15 is 0 Å². The van der Waals surface area contributed by atoms with E-state index in [1.165, 1.54) is 25.3 Å². The molecular weight excluding hydrogens is 384 g/mol. The van der Waals surface area contributed by atoms with Gasteiger partial charge in [0.25, 0.3) is 5.91 Å². The standard InChI is InChI=1S/C23H22N2O5/c1-30-21-12-17(6-7-20(21)25(28)29)22(27)24-11-10-23(9-8-16(13-23)15-26)14-18-4-2-3-5-19(18)24/h2-7,12-13,15H,8-11,14H2,1H3. The van der Waals surface area contributed by atoms with E-state index in [1.807, 2.05) is 24.3 Å². The Bertz CT molecular complexity index is 1060. The third kappa shape index (κ3) is 3.47. The lowest BCUT2D eigenvalue weighted by molar-refractivity contribution is -0.385. The molecule has 7 heteroatoms. The molecular formula is C23H22N2O5. The van der Waals surface area contributed by atoms with E-state index < -0.39 is 4.92 Å². The lowest BCUT2D eigenvalue weighted by atomic mass is 9.79. The maximum Gasteiger partial charge on any atom is 0.310 e. The first-order valence-corrected chi connectivity index (χ1v) is 9.85. The molecule has 1 unspecified atom stereocenters. The molecule has 0 aromatic heterocycles. The molecule has 1 aliphatic heterocycles. The first-order chi connectivity index (χ1) is 14.5. The Labute approximate surface area is 174 Å². The van der Waals surface area contributed by atoms with Crippen molar-refractivity contribution in [1.82, 2.24) is 0 Å². The summed E-state index contributed by atoms with van der Waals surface area (Å²) in [5.41, 5.74) is 2.74. The van der Waals surface area contributed by atoms with Crippen molar-refractivity contribution < 1.29 is 19.2 Å². The summed E-state index contributed by atoms with van der Waals surface area (Å²) >= 11 is 0. The van der Waals surface area contributed by atoms with Gasteiger partial charge in [0.05, 0.1) is 12.0 Å². The van der Waals surface area contributed by atoms with Crippen molar-refractivity contribution in [2.75, 3.05) is 18.6 Å². The number of para-hydroxylation sites is 1. The normalized spacial score (nSPS) is 20.3. The van der Waals surface area contributed by atoms with Crippen LogP contribution in [-0.2, 0) is 11.2 Å². The number of allylic oxidation sites excluding steroid dienone is 2. The molecule has 2 aromatic carbocycles. The molecule has 1 amide bonds. The molecule has 2 aromatic rings. The average Bonchev–Trinajstić information content (AvgIpc) is 3.09. The van der Waals surface area contributed by atoms with Crippen LogP contribution in [0.1, 0.15) is 35.2 Å². The molecule has 1 aliphatic carbocycles. The predicted molar refractivity (Wildman–Crippen MR) is 112 cm³/mol. The van der Waals surface area contributed by atoms with Crippen molar-refractivity contribution in [3.63, 3.8) is 0 Å². The molecule has 0 bridgehead atoms. The summed E-state index contributed by atoms with van der Waals surface area (Å²) in [5.74, 6) is -0.176. The van der Waals surface area contributed by atoms with Gasteiger partial charge >= 0.3 is 5.69 Å². The molecule has 0 fully saturated rings. The number of carbonyl (C=O) groups excluding carboxylic acids is 2. The molecule has 1 atom stereocenters. The molecule has 0 radical (unpaired) electrons. The van der Waals surface area contributed by atoms with E-state index in [0.717, 1.165) is 48.8 Å². The van der Waals surface area contributed by atoms with Gasteiger partial charge in [-0.1, -0.05) is 24.3 Å². The first kappa shape index (κ1) is 19.8. The van der Waals surface area contributed by atoms with Crippen LogP contribution in [0.3, 0.4) is 0 Å². The number of hydrogen-bond acceptors (Lipinski definition) is 5. The summed E-state index contributed by atoms with van der Waals surface area (Å²) in [6.07, 6.45) is 6.18. The van der Waals surface area contributed by atoms with Crippen LogP contribution in [0.2, 0.25) is 0 Å². The highest BCUT2D eigenvalue weighted by Crippen LogP contribution is 2.45. The minimum absolute atomic E-state index is 0.0554. The first-order valence-electron chi connectivity index (χ1n) is 9.85. The summed E-state index contributed by atoms with van der Waals surface area (Å²) in [7, 11) is 1.35. The Morgan fingerprint density at radius 3 is 2.73 bits per heavy atom. The van der Waals surface area contributed by atoms with Crippen LogP contribution in [-0.4, -0.2) is 30.8 Å². The van der Waals surface area contributed by atoms with Crippen molar-refractivity contribution in [1.29, 1.82) is 0 Å². The number of hydrogen-bond donors (Lipinski definition) is 0. The number of ether oxygens (including phenoxy) is 1. The fourth-order valence-corrected chi connectivity index (χ4v) is 4.53. The van der Waals surface area contributed by atoms with E-state index in [1.54, 1.807) is 4.90 Å². The molecule has 154 valence electrons. The zero-order chi connectivity index (χ0) is 21.3. The summed E-state index contributed by atoms with van der Waals surface area (Å²) in [5, 5.41) is 11.2. The van der Waals surface area contributed by atoms with E-state index in [-0.39, 0.29) is 22.8 Å². The molecule has 1 heterocycles. The molecule has 30 heavy (non-hydrogen) atoms. The van der Waals surface area contributed by atoms with Crippen molar-refractivity contribution in [3.8, 4) is 5.75 Å². The Morgan fingerprint density at radius 2 is 2.03 bits per heavy atom. The van der Waals surface area contributed by atoms with Gasteiger partial charge in [-0.15, -0.1) is 0 Å². The number of nitro benzene ring substituents is 1. The Balaban J connectivity index is 1.71. The van der Waals surface area contributed by atoms with Gasteiger partial charge in [-0.05, 0) is 54.4 Å². The smallest absolute Gasteiger partial charge is 0.310 e. The van der Waals surface area contributed by atoms with Gasteiger partial charge in [-0.2, -0.15) is 0 Å². The van der Waals surface area contributed by atoms with Crippen LogP contribution in [0.25, 0.3) is 0 Å². The molecule has 2 aliphatic rings. The highest BCUT2D eigenvalue weighted by molar-refractivity contribution is 6.07. The molecule has 4 rings (SSSR count). The van der Waals surface area contributed by atoms with Gasteiger partial charge < -0.3 is 9.64 Å². The minimum atomic E-state index is -0.533. The van der Waals surface area contributed by atoms with Crippen LogP contribution in [0, 0.1) is 15.5 Å². The second-order valence-electron chi connectivity index (χ2n) is 7.86. The fraction of sp³-hybridized carbons (Fsp3) is 0.304. The summed E-state index contributed by atoms with van der Waals surface area (Å²) in [4.78, 5) is 37.1. The number of anilines is 1. The van der Waals surface area contributed by atoms with Crippen LogP contribution < -0.4 is 9.64 Å². The average molecular weight is 406 g/mol. The Hall–Kier alpha value is -3.48. The number of benzene rings is 2. The summed E-state index contributed by atoms with van der Waals surface area (Å²) in [6, 6.07) is 12.0. The zero-order valence-electron chi connectivity index (χ0n) is 16.7. The monoisotopic (exact) mass is 406 g/mol. The Kier molecular flexibility index (Phi) is 5.11. The third-order valence-corrected chi connectivity index (χ3v) is 6.08. The summed E-state index contributed by atoms with van der Waals surface area (Å²) < 4.78 is 5.13. The molecule has 0 saturated carbocycles. The lowest BCUT2D eigenvalue weighted by Gasteiger charge is -2.26. The van der Waals surface area contributed by atoms with Crippen molar-refractivity contribution in [3.05, 3.63) is 75.4 Å². The van der Waals surface area contributed by atoms with E-state index in [4.69, 9.17) is 4.74 Å². The van der Waals surface area contributed by atoms with Gasteiger partial charge in [0.2, 0.25) is 0 Å². The lowest BCUT2D eigenvalue weighted by Crippen LogP contribution is -2.33. The minimum Gasteiger partial charge on any atom is -0.490 e. The number of nitro groups is 1. The van der Waals surface area contributed by atoms with Crippen molar-refractivity contribution in [2.24, 2.45) is 5.41 Å². The Morgan fingerprint density at radius 1 is 1.23 bits per heavy atom. The maximum atomic E-state index is 13.4. The van der Waals surface area contributed by atoms with Gasteiger partial charge in [0.1, 0.15) is 6.29 Å². The topological polar surface area (TPSA) is 89.8 Å². The number of amides is 1. The van der Waals surface area contributed by atoms with Gasteiger partial charge in [-0.25, -0.2) is 0 Å². The number of carbonyl (C=O) groups is 2. The highest BCUT2D eigenvalue weighted by Gasteiger charge is 2.38. The fourth-order valence-electron chi connectivity index (χ4n) is 4.53. The van der Waals surface area contributed by atoms with Crippen molar-refractivity contribution >= 4 is 23.6 Å². The van der Waals surface area contributed by atoms with Crippen LogP contribution in [0.5, 0.6) is 5.75 Å². The maximum absolute atomic E-state index is 13.4. The van der Waals surface area contributed by atoms with E-state index in [0.29, 0.717) is 12.1 Å². The van der Waals surface area contributed by atoms with Crippen LogP contribution in [0.4, 0.5) is 11.4 Å². The number of aldehydes is 1. The van der Waals surface area contributed by atoms with Gasteiger partial charge in [0, 0.05) is 29.9 Å². The highest BCUT2D eigenvalue weighted by atomic mass is 16.6. The van der Waals surface area contributed by atoms with E-state index in [2.05, 4.69) is 6.08 Å². The van der Waals surface area contributed by atoms with Gasteiger partial charge in [-0.3, -0.25) is 19.7 Å². The van der Waals surface area contributed by atoms with Crippen LogP contribution >= 0.6 is 0 Å². The second kappa shape index (κ2) is 7.74. The third-order valence-electron chi connectivity index (χ3n) is 6.08. The molecule has 7 nitrogen and oxygen atoms in total. The predicted octanol–water partition coefficient (Wildman–Crippen LogP) is 4.10. The second-order valence-corrected chi connectivity index (χ2v) is 7.86. The van der Waals surface area contributed by atoms with Crippen molar-refractivity contribution in [2.45, 2.75) is 25.7 Å². The molecule has 0 saturated heterocycles. The number of methoxy groups -OCH3 is 1. The number of fused-ring (bicyclic) bond motifs is 1. The SMILES string of the molecule is COc1cc(C(=O)N2CCC3(C=C(C=O)CC3)Cc3ccccc32)ccc1[N+](=O)[O-]. The number of nitrogens with zero attached hydrogens (tertiary/aromatic N) is 2. The number of rotatable bonds is 4. The quantitative estimate of drug-likeness (QED) is 0.433. The molecule has 0 N–H and O–H groups in total. The van der Waals surface area contributed by atoms with E-state index in [9.17, 15) is 19.7 Å². The molecule has 1 spiro atoms. The summed E-state index contributed by atoms with van der Waals surface area (Å²) in [6.45, 7) is 0.498.